The van der Waals surface area contributed by atoms with Crippen LogP contribution in [0.3, 0.4) is 0 Å². The summed E-state index contributed by atoms with van der Waals surface area (Å²) in [5.41, 5.74) is 1.02. The number of hydrogen-bond acceptors (Lipinski definition) is 2. The van der Waals surface area contributed by atoms with E-state index < -0.39 is 0 Å². The fourth-order valence-electron chi connectivity index (χ4n) is 1.71. The van der Waals surface area contributed by atoms with Crippen LogP contribution in [0, 0.1) is 0 Å². The van der Waals surface area contributed by atoms with E-state index in [0.717, 1.165) is 17.1 Å². The van der Waals surface area contributed by atoms with Crippen molar-refractivity contribution in [2.75, 3.05) is 0 Å². The maximum absolute atomic E-state index is 9.44. The number of hydrogen-bond donors (Lipinski definition) is 1. The molecule has 17 heavy (non-hydrogen) atoms. The molecule has 0 aliphatic carbocycles. The maximum atomic E-state index is 9.44. The predicted octanol–water partition coefficient (Wildman–Crippen LogP) is 3.40. The summed E-state index contributed by atoms with van der Waals surface area (Å²) >= 11 is 0. The van der Waals surface area contributed by atoms with Crippen molar-refractivity contribution in [1.29, 1.82) is 0 Å². The van der Waals surface area contributed by atoms with Crippen LogP contribution >= 0.6 is 0 Å². The fraction of sp³-hybridized carbons (Fsp3) is 0.200. The second-order valence-electron chi connectivity index (χ2n) is 4.08. The van der Waals surface area contributed by atoms with Crippen molar-refractivity contribution < 1.29 is 9.84 Å². The van der Waals surface area contributed by atoms with Crippen LogP contribution in [0.15, 0.2) is 54.6 Å². The Morgan fingerprint density at radius 1 is 1.00 bits per heavy atom. The Labute approximate surface area is 101 Å². The van der Waals surface area contributed by atoms with Gasteiger partial charge in [-0.05, 0) is 30.7 Å². The van der Waals surface area contributed by atoms with E-state index >= 15 is 0 Å². The molecular formula is C15H16O2. The summed E-state index contributed by atoms with van der Waals surface area (Å²) in [5.74, 6) is 1.62. The zero-order chi connectivity index (χ0) is 12.1. The van der Waals surface area contributed by atoms with Crippen molar-refractivity contribution in [1.82, 2.24) is 0 Å². The normalized spacial score (nSPS) is 12.1. The minimum atomic E-state index is -0.365. The number of rotatable bonds is 4. The molecule has 1 N–H and O–H groups in total. The summed E-state index contributed by atoms with van der Waals surface area (Å²) in [7, 11) is 0. The number of aliphatic hydroxyl groups excluding tert-OH is 1. The molecule has 0 aliphatic rings. The lowest BCUT2D eigenvalue weighted by molar-refractivity contribution is 0.194. The highest BCUT2D eigenvalue weighted by molar-refractivity contribution is 5.38. The van der Waals surface area contributed by atoms with Gasteiger partial charge in [0.05, 0.1) is 6.10 Å². The van der Waals surface area contributed by atoms with Gasteiger partial charge in [0.15, 0.2) is 0 Å². The van der Waals surface area contributed by atoms with E-state index in [0.29, 0.717) is 6.42 Å². The molecule has 2 rings (SSSR count). The van der Waals surface area contributed by atoms with Crippen LogP contribution in [-0.2, 0) is 6.42 Å². The van der Waals surface area contributed by atoms with Gasteiger partial charge in [0.25, 0.3) is 0 Å². The Kier molecular flexibility index (Phi) is 3.78. The molecule has 1 atom stereocenters. The van der Waals surface area contributed by atoms with Gasteiger partial charge in [-0.3, -0.25) is 0 Å². The molecule has 0 aliphatic heterocycles. The first-order valence-electron chi connectivity index (χ1n) is 5.74. The first kappa shape index (κ1) is 11.7. The third kappa shape index (κ3) is 3.33. The first-order chi connectivity index (χ1) is 8.25. The zero-order valence-electron chi connectivity index (χ0n) is 9.84. The van der Waals surface area contributed by atoms with Crippen LogP contribution in [0.25, 0.3) is 0 Å². The molecule has 2 aromatic carbocycles. The molecule has 0 radical (unpaired) electrons. The summed E-state index contributed by atoms with van der Waals surface area (Å²) in [6, 6.07) is 17.4. The minimum Gasteiger partial charge on any atom is -0.457 e. The largest absolute Gasteiger partial charge is 0.457 e. The van der Waals surface area contributed by atoms with Gasteiger partial charge in [-0.25, -0.2) is 0 Å². The van der Waals surface area contributed by atoms with Gasteiger partial charge in [-0.2, -0.15) is 0 Å². The average Bonchev–Trinajstić information content (AvgIpc) is 2.32. The average molecular weight is 228 g/mol. The molecular weight excluding hydrogens is 212 g/mol. The molecule has 0 amide bonds. The van der Waals surface area contributed by atoms with E-state index in [9.17, 15) is 5.11 Å². The van der Waals surface area contributed by atoms with Gasteiger partial charge in [0, 0.05) is 6.42 Å². The molecule has 0 fully saturated rings. The lowest BCUT2D eigenvalue weighted by Gasteiger charge is -2.12. The van der Waals surface area contributed by atoms with Crippen molar-refractivity contribution in [3.05, 3.63) is 60.2 Å². The quantitative estimate of drug-likeness (QED) is 0.869. The van der Waals surface area contributed by atoms with Gasteiger partial charge in [0.1, 0.15) is 11.5 Å². The van der Waals surface area contributed by atoms with Crippen molar-refractivity contribution in [3.8, 4) is 11.5 Å². The van der Waals surface area contributed by atoms with Crippen molar-refractivity contribution in [3.63, 3.8) is 0 Å². The Hall–Kier alpha value is -1.80. The van der Waals surface area contributed by atoms with E-state index in [1.807, 2.05) is 54.6 Å². The van der Waals surface area contributed by atoms with E-state index in [4.69, 9.17) is 4.74 Å². The van der Waals surface area contributed by atoms with E-state index in [1.54, 1.807) is 6.92 Å². The predicted molar refractivity (Wildman–Crippen MR) is 68.3 cm³/mol. The fourth-order valence-corrected chi connectivity index (χ4v) is 1.71. The smallest absolute Gasteiger partial charge is 0.130 e. The van der Waals surface area contributed by atoms with Crippen LogP contribution in [0.2, 0.25) is 0 Å². The summed E-state index contributed by atoms with van der Waals surface area (Å²) in [6.07, 6.45) is 0.235. The zero-order valence-corrected chi connectivity index (χ0v) is 9.84. The van der Waals surface area contributed by atoms with Gasteiger partial charge < -0.3 is 9.84 Å². The topological polar surface area (TPSA) is 29.5 Å². The number of para-hydroxylation sites is 2. The number of benzene rings is 2. The molecule has 0 unspecified atom stereocenters. The third-order valence-electron chi connectivity index (χ3n) is 2.46. The van der Waals surface area contributed by atoms with E-state index in [1.165, 1.54) is 0 Å². The van der Waals surface area contributed by atoms with Crippen molar-refractivity contribution in [2.24, 2.45) is 0 Å². The lowest BCUT2D eigenvalue weighted by atomic mass is 10.1. The number of ether oxygens (including phenoxy) is 1. The van der Waals surface area contributed by atoms with E-state index in [-0.39, 0.29) is 6.10 Å². The molecule has 88 valence electrons. The molecule has 2 nitrogen and oxygen atoms in total. The lowest BCUT2D eigenvalue weighted by Crippen LogP contribution is -2.05. The summed E-state index contributed by atoms with van der Waals surface area (Å²) in [4.78, 5) is 0. The van der Waals surface area contributed by atoms with Crippen LogP contribution < -0.4 is 4.74 Å². The minimum absolute atomic E-state index is 0.365. The molecule has 0 saturated heterocycles. The standard InChI is InChI=1S/C15H16O2/c1-12(16)11-13-7-5-6-10-15(13)17-14-8-3-2-4-9-14/h2-10,12,16H,11H2,1H3/t12-/m1/s1. The molecule has 2 heteroatoms. The molecule has 0 spiro atoms. The van der Waals surface area contributed by atoms with Gasteiger partial charge in [-0.1, -0.05) is 36.4 Å². The van der Waals surface area contributed by atoms with Crippen molar-refractivity contribution in [2.45, 2.75) is 19.4 Å². The highest BCUT2D eigenvalue weighted by Crippen LogP contribution is 2.25. The molecule has 0 aromatic heterocycles. The van der Waals surface area contributed by atoms with Gasteiger partial charge >= 0.3 is 0 Å². The van der Waals surface area contributed by atoms with E-state index in [2.05, 4.69) is 0 Å². The Balaban J connectivity index is 2.20. The van der Waals surface area contributed by atoms with Crippen molar-refractivity contribution >= 4 is 0 Å². The van der Waals surface area contributed by atoms with Crippen LogP contribution in [-0.4, -0.2) is 11.2 Å². The van der Waals surface area contributed by atoms with Gasteiger partial charge in [0.2, 0.25) is 0 Å². The molecule has 0 heterocycles. The monoisotopic (exact) mass is 228 g/mol. The third-order valence-corrected chi connectivity index (χ3v) is 2.46. The van der Waals surface area contributed by atoms with Crippen LogP contribution in [0.5, 0.6) is 11.5 Å². The molecule has 2 aromatic rings. The summed E-state index contributed by atoms with van der Waals surface area (Å²) in [6.45, 7) is 1.78. The highest BCUT2D eigenvalue weighted by Gasteiger charge is 2.06. The van der Waals surface area contributed by atoms with Crippen LogP contribution in [0.1, 0.15) is 12.5 Å². The Morgan fingerprint density at radius 3 is 2.35 bits per heavy atom. The molecule has 0 saturated carbocycles. The highest BCUT2D eigenvalue weighted by atomic mass is 16.5. The summed E-state index contributed by atoms with van der Waals surface area (Å²) < 4.78 is 5.80. The summed E-state index contributed by atoms with van der Waals surface area (Å²) in [5, 5.41) is 9.44. The SMILES string of the molecule is C[C@@H](O)Cc1ccccc1Oc1ccccc1. The maximum Gasteiger partial charge on any atom is 0.130 e. The first-order valence-corrected chi connectivity index (χ1v) is 5.74. The molecule has 0 bridgehead atoms. The van der Waals surface area contributed by atoms with Gasteiger partial charge in [-0.15, -0.1) is 0 Å². The Bertz CT molecular complexity index is 463. The van der Waals surface area contributed by atoms with Crippen LogP contribution in [0.4, 0.5) is 0 Å². The second kappa shape index (κ2) is 5.51. The second-order valence-corrected chi connectivity index (χ2v) is 4.08. The Morgan fingerprint density at radius 2 is 1.65 bits per heavy atom. The number of aliphatic hydroxyl groups is 1.